The van der Waals surface area contributed by atoms with Crippen LogP contribution in [-0.2, 0) is 16.9 Å². The molecule has 2 atom stereocenters. The first-order valence-corrected chi connectivity index (χ1v) is 10.6. The molecule has 0 unspecified atom stereocenters. The topological polar surface area (TPSA) is 76.6 Å². The molecule has 0 fully saturated rings. The monoisotopic (exact) mass is 451 g/mol. The van der Waals surface area contributed by atoms with Crippen LogP contribution in [0, 0.1) is 23.0 Å². The first-order chi connectivity index (χ1) is 15.5. The number of halogens is 2. The van der Waals surface area contributed by atoms with Crippen LogP contribution in [0.3, 0.4) is 0 Å². The van der Waals surface area contributed by atoms with Gasteiger partial charge in [-0.2, -0.15) is 10.4 Å². The number of benzene rings is 2. The number of ether oxygens (including phenoxy) is 1. The fourth-order valence-electron chi connectivity index (χ4n) is 3.73. The fourth-order valence-corrected chi connectivity index (χ4v) is 4.70. The molecule has 0 saturated carbocycles. The zero-order chi connectivity index (χ0) is 22.7. The summed E-state index contributed by atoms with van der Waals surface area (Å²) < 4.78 is 36.1. The number of thiazole rings is 1. The molecule has 2 aromatic heterocycles. The number of methoxy groups -OCH3 is 1. The van der Waals surface area contributed by atoms with E-state index in [0.717, 1.165) is 22.3 Å². The Bertz CT molecular complexity index is 1250. The van der Waals surface area contributed by atoms with Crippen LogP contribution < -0.4 is 0 Å². The van der Waals surface area contributed by atoms with Gasteiger partial charge in [-0.15, -0.1) is 11.3 Å². The molecule has 0 saturated heterocycles. The normalized spacial score (nSPS) is 14.0. The van der Waals surface area contributed by atoms with E-state index in [0.29, 0.717) is 5.56 Å². The van der Waals surface area contributed by atoms with Gasteiger partial charge in [-0.05, 0) is 18.2 Å². The molecule has 32 heavy (non-hydrogen) atoms. The van der Waals surface area contributed by atoms with Crippen molar-refractivity contribution in [1.82, 2.24) is 19.7 Å². The molecule has 0 aliphatic carbocycles. The van der Waals surface area contributed by atoms with E-state index < -0.39 is 23.2 Å². The maximum Gasteiger partial charge on any atom is 0.137 e. The fraction of sp³-hybridized carbons (Fsp3) is 0.217. The van der Waals surface area contributed by atoms with Crippen LogP contribution in [0.15, 0.2) is 60.5 Å². The maximum absolute atomic E-state index is 15.0. The third-order valence-electron chi connectivity index (χ3n) is 5.52. The second-order valence-electron chi connectivity index (χ2n) is 7.29. The maximum atomic E-state index is 15.0. The lowest BCUT2D eigenvalue weighted by Gasteiger charge is -2.37. The molecule has 2 heterocycles. The number of aromatic nitrogens is 4. The van der Waals surface area contributed by atoms with Crippen molar-refractivity contribution in [3.63, 3.8) is 0 Å². The summed E-state index contributed by atoms with van der Waals surface area (Å²) in [6.07, 6.45) is 2.91. The average molecular weight is 452 g/mol. The van der Waals surface area contributed by atoms with Crippen LogP contribution in [0.25, 0.3) is 11.3 Å². The van der Waals surface area contributed by atoms with Crippen molar-refractivity contribution in [2.45, 2.75) is 25.0 Å². The lowest BCUT2D eigenvalue weighted by molar-refractivity contribution is -0.0538. The largest absolute Gasteiger partial charge is 0.371 e. The molecule has 4 aromatic rings. The lowest BCUT2D eigenvalue weighted by atomic mass is 9.81. The van der Waals surface area contributed by atoms with Crippen LogP contribution in [0.1, 0.15) is 29.0 Å². The van der Waals surface area contributed by atoms with Crippen molar-refractivity contribution < 1.29 is 13.5 Å². The van der Waals surface area contributed by atoms with Crippen LogP contribution in [0.4, 0.5) is 8.78 Å². The molecule has 6 nitrogen and oxygen atoms in total. The summed E-state index contributed by atoms with van der Waals surface area (Å²) in [5.74, 6) is -1.78. The van der Waals surface area contributed by atoms with E-state index in [-0.39, 0.29) is 12.1 Å². The number of nitriles is 1. The summed E-state index contributed by atoms with van der Waals surface area (Å²) >= 11 is 1.42. The standard InChI is InChI=1S/C23H19F2N5OS/c1-15(22-29-21(11-32-22)17-5-3-16(10-26)4-6-17)23(31-2,12-30-14-27-13-28-30)19-8-7-18(24)9-20(19)25/h3-9,11,13-15H,12H2,1-2H3/t15-,23+/m0/s1. The Kier molecular flexibility index (Phi) is 6.08. The van der Waals surface area contributed by atoms with Gasteiger partial charge in [0.1, 0.15) is 29.9 Å². The molecular formula is C23H19F2N5OS. The molecule has 0 bridgehead atoms. The van der Waals surface area contributed by atoms with E-state index in [1.165, 1.54) is 43.2 Å². The van der Waals surface area contributed by atoms with E-state index >= 15 is 0 Å². The van der Waals surface area contributed by atoms with Crippen molar-refractivity contribution in [2.24, 2.45) is 0 Å². The van der Waals surface area contributed by atoms with E-state index in [1.54, 1.807) is 16.8 Å². The highest BCUT2D eigenvalue weighted by atomic mass is 32.1. The highest BCUT2D eigenvalue weighted by Crippen LogP contribution is 2.44. The number of hydrogen-bond acceptors (Lipinski definition) is 6. The Morgan fingerprint density at radius 2 is 2.00 bits per heavy atom. The molecule has 0 aliphatic rings. The van der Waals surface area contributed by atoms with E-state index in [9.17, 15) is 8.78 Å². The van der Waals surface area contributed by atoms with E-state index in [2.05, 4.69) is 16.2 Å². The second-order valence-corrected chi connectivity index (χ2v) is 8.18. The lowest BCUT2D eigenvalue weighted by Crippen LogP contribution is -2.40. The number of nitrogens with zero attached hydrogens (tertiary/aromatic N) is 5. The highest BCUT2D eigenvalue weighted by molar-refractivity contribution is 7.10. The van der Waals surface area contributed by atoms with Gasteiger partial charge in [-0.25, -0.2) is 23.4 Å². The highest BCUT2D eigenvalue weighted by Gasteiger charge is 2.43. The Morgan fingerprint density at radius 3 is 2.62 bits per heavy atom. The van der Waals surface area contributed by atoms with Gasteiger partial charge in [0.15, 0.2) is 0 Å². The minimum Gasteiger partial charge on any atom is -0.371 e. The third kappa shape index (κ3) is 4.02. The zero-order valence-corrected chi connectivity index (χ0v) is 18.2. The molecule has 162 valence electrons. The predicted octanol–water partition coefficient (Wildman–Crippen LogP) is 4.90. The Morgan fingerprint density at radius 1 is 1.22 bits per heavy atom. The third-order valence-corrected chi connectivity index (χ3v) is 6.54. The Balaban J connectivity index is 1.77. The van der Waals surface area contributed by atoms with Gasteiger partial charge in [-0.3, -0.25) is 0 Å². The molecule has 9 heteroatoms. The summed E-state index contributed by atoms with van der Waals surface area (Å²) in [6, 6.07) is 12.7. The van der Waals surface area contributed by atoms with Gasteiger partial charge < -0.3 is 4.74 Å². The number of hydrogen-bond donors (Lipinski definition) is 0. The minimum absolute atomic E-state index is 0.152. The zero-order valence-electron chi connectivity index (χ0n) is 17.4. The van der Waals surface area contributed by atoms with Gasteiger partial charge in [0.05, 0.1) is 28.9 Å². The van der Waals surface area contributed by atoms with Crippen LogP contribution in [0.5, 0.6) is 0 Å². The van der Waals surface area contributed by atoms with Gasteiger partial charge in [0.2, 0.25) is 0 Å². The summed E-state index contributed by atoms with van der Waals surface area (Å²) in [5, 5.41) is 15.8. The Hall–Kier alpha value is -3.48. The molecule has 0 spiro atoms. The Labute approximate surface area is 187 Å². The van der Waals surface area contributed by atoms with E-state index in [4.69, 9.17) is 15.0 Å². The molecule has 0 amide bonds. The smallest absolute Gasteiger partial charge is 0.137 e. The molecule has 4 rings (SSSR count). The van der Waals surface area contributed by atoms with E-state index in [1.807, 2.05) is 24.4 Å². The van der Waals surface area contributed by atoms with Crippen LogP contribution in [-0.4, -0.2) is 26.9 Å². The summed E-state index contributed by atoms with van der Waals surface area (Å²) in [7, 11) is 1.49. The van der Waals surface area contributed by atoms with Crippen LogP contribution in [0.2, 0.25) is 0 Å². The number of rotatable bonds is 7. The van der Waals surface area contributed by atoms with Crippen molar-refractivity contribution >= 4 is 11.3 Å². The van der Waals surface area contributed by atoms with Crippen molar-refractivity contribution in [3.05, 3.63) is 88.3 Å². The molecule has 2 aromatic carbocycles. The quantitative estimate of drug-likeness (QED) is 0.400. The predicted molar refractivity (Wildman–Crippen MR) is 116 cm³/mol. The SMILES string of the molecule is CO[C@@](Cn1cncn1)(c1ccc(F)cc1F)[C@@H](C)c1nc(-c2ccc(C#N)cc2)cs1. The first-order valence-electron chi connectivity index (χ1n) is 9.76. The summed E-state index contributed by atoms with van der Waals surface area (Å²) in [4.78, 5) is 8.73. The molecule has 0 radical (unpaired) electrons. The van der Waals surface area contributed by atoms with Gasteiger partial charge in [0.25, 0.3) is 0 Å². The second kappa shape index (κ2) is 8.94. The first kappa shape index (κ1) is 21.7. The average Bonchev–Trinajstić information content (AvgIpc) is 3.50. The molecular weight excluding hydrogens is 432 g/mol. The molecule has 0 aliphatic heterocycles. The van der Waals surface area contributed by atoms with Crippen LogP contribution >= 0.6 is 11.3 Å². The van der Waals surface area contributed by atoms with Gasteiger partial charge in [-0.1, -0.05) is 25.1 Å². The summed E-state index contributed by atoms with van der Waals surface area (Å²) in [5.41, 5.74) is 1.17. The molecule has 0 N–H and O–H groups in total. The van der Waals surface area contributed by atoms with Crippen molar-refractivity contribution in [1.29, 1.82) is 5.26 Å². The van der Waals surface area contributed by atoms with Gasteiger partial charge in [0, 0.05) is 35.6 Å². The minimum atomic E-state index is -1.22. The van der Waals surface area contributed by atoms with Gasteiger partial charge >= 0.3 is 0 Å². The van der Waals surface area contributed by atoms with Crippen molar-refractivity contribution in [2.75, 3.05) is 7.11 Å². The van der Waals surface area contributed by atoms with Crippen molar-refractivity contribution in [3.8, 4) is 17.3 Å². The summed E-state index contributed by atoms with van der Waals surface area (Å²) in [6.45, 7) is 2.05.